The average Bonchev–Trinajstić information content (AvgIpc) is 2.79. The van der Waals surface area contributed by atoms with Crippen molar-refractivity contribution >= 4 is 38.9 Å². The Bertz CT molecular complexity index is 1210. The number of aromatic nitrogens is 2. The van der Waals surface area contributed by atoms with Crippen molar-refractivity contribution in [2.24, 2.45) is 5.10 Å². The highest BCUT2D eigenvalue weighted by Crippen LogP contribution is 2.26. The first kappa shape index (κ1) is 19.8. The maximum atomic E-state index is 5.42. The molecule has 1 heterocycles. The molecule has 4 rings (SSSR count). The quantitative estimate of drug-likeness (QED) is 0.301. The third kappa shape index (κ3) is 4.26. The van der Waals surface area contributed by atoms with Gasteiger partial charge in [0.1, 0.15) is 11.5 Å². The summed E-state index contributed by atoms with van der Waals surface area (Å²) in [7, 11) is 3.23. The fourth-order valence-electron chi connectivity index (χ4n) is 2.98. The number of methoxy groups -OCH3 is 2. The van der Waals surface area contributed by atoms with Crippen LogP contribution in [0.4, 0.5) is 5.82 Å². The van der Waals surface area contributed by atoms with Gasteiger partial charge in [0, 0.05) is 27.1 Å². The number of hydrogen-bond acceptors (Lipinski definition) is 6. The van der Waals surface area contributed by atoms with Gasteiger partial charge in [-0.2, -0.15) is 5.10 Å². The molecular formula is C23H19BrN4O2. The van der Waals surface area contributed by atoms with Gasteiger partial charge in [-0.25, -0.2) is 9.97 Å². The molecule has 1 aromatic heterocycles. The molecule has 0 unspecified atom stereocenters. The highest BCUT2D eigenvalue weighted by Gasteiger charge is 2.09. The third-order valence-electron chi connectivity index (χ3n) is 4.52. The van der Waals surface area contributed by atoms with Crippen molar-refractivity contribution in [3.63, 3.8) is 0 Å². The molecule has 0 amide bonds. The van der Waals surface area contributed by atoms with E-state index in [2.05, 4.69) is 26.5 Å². The summed E-state index contributed by atoms with van der Waals surface area (Å²) in [6, 6.07) is 21.3. The van der Waals surface area contributed by atoms with Crippen LogP contribution in [0.5, 0.6) is 11.5 Å². The van der Waals surface area contributed by atoms with Crippen molar-refractivity contribution in [2.45, 2.75) is 0 Å². The lowest BCUT2D eigenvalue weighted by atomic mass is 10.2. The molecule has 1 N–H and O–H groups in total. The van der Waals surface area contributed by atoms with E-state index in [4.69, 9.17) is 19.4 Å². The number of hydrogen-bond donors (Lipinski definition) is 1. The Labute approximate surface area is 182 Å². The van der Waals surface area contributed by atoms with Gasteiger partial charge in [-0.1, -0.05) is 40.2 Å². The highest BCUT2D eigenvalue weighted by molar-refractivity contribution is 9.10. The molecule has 0 radical (unpaired) electrons. The monoisotopic (exact) mass is 462 g/mol. The smallest absolute Gasteiger partial charge is 0.162 e. The van der Waals surface area contributed by atoms with Gasteiger partial charge in [0.15, 0.2) is 11.6 Å². The van der Waals surface area contributed by atoms with E-state index in [1.54, 1.807) is 20.4 Å². The number of anilines is 1. The second-order valence-electron chi connectivity index (χ2n) is 6.40. The molecule has 0 aliphatic heterocycles. The fourth-order valence-corrected chi connectivity index (χ4v) is 3.24. The maximum absolute atomic E-state index is 5.42. The molecule has 4 aromatic rings. The van der Waals surface area contributed by atoms with Crippen molar-refractivity contribution < 1.29 is 9.47 Å². The van der Waals surface area contributed by atoms with Crippen LogP contribution in [0.2, 0.25) is 0 Å². The second kappa shape index (κ2) is 8.92. The average molecular weight is 463 g/mol. The molecule has 7 heteroatoms. The molecule has 0 fully saturated rings. The van der Waals surface area contributed by atoms with E-state index < -0.39 is 0 Å². The molecule has 3 aromatic carbocycles. The molecule has 30 heavy (non-hydrogen) atoms. The standard InChI is InChI=1S/C23H19BrN4O2/c1-29-18-12-9-16(21(13-18)30-2)14-25-28-23-19-5-3-4-6-20(19)26-22(27-23)15-7-10-17(24)11-8-15/h3-14H,1-2H3,(H,26,27,28)/b25-14-. The van der Waals surface area contributed by atoms with Crippen molar-refractivity contribution in [1.82, 2.24) is 9.97 Å². The van der Waals surface area contributed by atoms with Crippen molar-refractivity contribution in [3.8, 4) is 22.9 Å². The lowest BCUT2D eigenvalue weighted by Gasteiger charge is -2.09. The minimum absolute atomic E-state index is 0.626. The number of rotatable bonds is 6. The van der Waals surface area contributed by atoms with E-state index >= 15 is 0 Å². The van der Waals surface area contributed by atoms with Gasteiger partial charge in [-0.05, 0) is 36.4 Å². The maximum Gasteiger partial charge on any atom is 0.162 e. The molecule has 0 aliphatic rings. The van der Waals surface area contributed by atoms with Gasteiger partial charge in [0.2, 0.25) is 0 Å². The summed E-state index contributed by atoms with van der Waals surface area (Å²) in [5.41, 5.74) is 5.64. The van der Waals surface area contributed by atoms with E-state index in [0.29, 0.717) is 17.4 Å². The molecule has 0 saturated heterocycles. The lowest BCUT2D eigenvalue weighted by Crippen LogP contribution is -2.00. The van der Waals surface area contributed by atoms with Gasteiger partial charge in [0.05, 0.1) is 26.0 Å². The van der Waals surface area contributed by atoms with Gasteiger partial charge in [-0.3, -0.25) is 5.43 Å². The van der Waals surface area contributed by atoms with Crippen LogP contribution in [0.3, 0.4) is 0 Å². The Balaban J connectivity index is 1.68. The number of benzene rings is 3. The summed E-state index contributed by atoms with van der Waals surface area (Å²) < 4.78 is 11.7. The number of hydrazone groups is 1. The van der Waals surface area contributed by atoms with Crippen LogP contribution in [0.15, 0.2) is 76.3 Å². The molecule has 0 spiro atoms. The molecule has 6 nitrogen and oxygen atoms in total. The number of halogens is 1. The second-order valence-corrected chi connectivity index (χ2v) is 7.31. The summed E-state index contributed by atoms with van der Waals surface area (Å²) in [5, 5.41) is 5.27. The Morgan fingerprint density at radius 2 is 1.73 bits per heavy atom. The van der Waals surface area contributed by atoms with Crippen LogP contribution >= 0.6 is 15.9 Å². The summed E-state index contributed by atoms with van der Waals surface area (Å²) in [6.07, 6.45) is 1.69. The largest absolute Gasteiger partial charge is 0.497 e. The van der Waals surface area contributed by atoms with Crippen LogP contribution in [-0.2, 0) is 0 Å². The summed E-state index contributed by atoms with van der Waals surface area (Å²) in [5.74, 6) is 2.64. The van der Waals surface area contributed by atoms with Crippen molar-refractivity contribution in [3.05, 3.63) is 76.8 Å². The van der Waals surface area contributed by atoms with Gasteiger partial charge in [-0.15, -0.1) is 0 Å². The minimum Gasteiger partial charge on any atom is -0.497 e. The van der Waals surface area contributed by atoms with Crippen molar-refractivity contribution in [2.75, 3.05) is 19.6 Å². The summed E-state index contributed by atoms with van der Waals surface area (Å²) in [4.78, 5) is 9.40. The SMILES string of the molecule is COc1ccc(/C=N\Nc2nc(-c3ccc(Br)cc3)nc3ccccc23)c(OC)c1. The zero-order valence-corrected chi connectivity index (χ0v) is 18.1. The van der Waals surface area contributed by atoms with Crippen LogP contribution in [0.1, 0.15) is 5.56 Å². The Kier molecular flexibility index (Phi) is 5.90. The van der Waals surface area contributed by atoms with Crippen LogP contribution < -0.4 is 14.9 Å². The van der Waals surface area contributed by atoms with Gasteiger partial charge < -0.3 is 9.47 Å². The number of ether oxygens (including phenoxy) is 2. The fraction of sp³-hybridized carbons (Fsp3) is 0.0870. The number of fused-ring (bicyclic) bond motifs is 1. The van der Waals surface area contributed by atoms with Crippen LogP contribution in [-0.4, -0.2) is 30.4 Å². The normalized spacial score (nSPS) is 11.0. The first-order chi connectivity index (χ1) is 14.7. The Hall–Kier alpha value is -3.45. The first-order valence-corrected chi connectivity index (χ1v) is 10.0. The zero-order valence-electron chi connectivity index (χ0n) is 16.5. The predicted molar refractivity (Wildman–Crippen MR) is 123 cm³/mol. The van der Waals surface area contributed by atoms with Crippen LogP contribution in [0.25, 0.3) is 22.3 Å². The van der Waals surface area contributed by atoms with E-state index in [0.717, 1.165) is 32.3 Å². The Morgan fingerprint density at radius 3 is 2.50 bits per heavy atom. The van der Waals surface area contributed by atoms with Gasteiger partial charge in [0.25, 0.3) is 0 Å². The molecule has 0 bridgehead atoms. The minimum atomic E-state index is 0.626. The van der Waals surface area contributed by atoms with Gasteiger partial charge >= 0.3 is 0 Å². The number of para-hydroxylation sites is 1. The van der Waals surface area contributed by atoms with Crippen molar-refractivity contribution in [1.29, 1.82) is 0 Å². The number of nitrogens with zero attached hydrogens (tertiary/aromatic N) is 3. The van der Waals surface area contributed by atoms with E-state index in [1.807, 2.05) is 66.7 Å². The lowest BCUT2D eigenvalue weighted by molar-refractivity contribution is 0.394. The number of nitrogens with one attached hydrogen (secondary N) is 1. The zero-order chi connectivity index (χ0) is 20.9. The molecular weight excluding hydrogens is 444 g/mol. The topological polar surface area (TPSA) is 68.6 Å². The third-order valence-corrected chi connectivity index (χ3v) is 5.05. The molecule has 0 saturated carbocycles. The van der Waals surface area contributed by atoms with E-state index in [9.17, 15) is 0 Å². The molecule has 0 atom stereocenters. The summed E-state index contributed by atoms with van der Waals surface area (Å²) >= 11 is 3.46. The highest BCUT2D eigenvalue weighted by atomic mass is 79.9. The molecule has 150 valence electrons. The van der Waals surface area contributed by atoms with E-state index in [1.165, 1.54) is 0 Å². The first-order valence-electron chi connectivity index (χ1n) is 9.22. The Morgan fingerprint density at radius 1 is 0.933 bits per heavy atom. The summed E-state index contributed by atoms with van der Waals surface area (Å²) in [6.45, 7) is 0. The van der Waals surface area contributed by atoms with E-state index in [-0.39, 0.29) is 0 Å². The predicted octanol–water partition coefficient (Wildman–Crippen LogP) is 5.52. The molecule has 0 aliphatic carbocycles. The van der Waals surface area contributed by atoms with Crippen LogP contribution in [0, 0.1) is 0 Å².